The van der Waals surface area contributed by atoms with Crippen molar-refractivity contribution in [3.63, 3.8) is 0 Å². The number of para-hydroxylation sites is 2. The zero-order valence-corrected chi connectivity index (χ0v) is 21.0. The summed E-state index contributed by atoms with van der Waals surface area (Å²) < 4.78 is 1.96. The van der Waals surface area contributed by atoms with Crippen LogP contribution in [0, 0.1) is 13.8 Å². The Morgan fingerprint density at radius 2 is 1.65 bits per heavy atom. The minimum absolute atomic E-state index is 0.137. The van der Waals surface area contributed by atoms with Crippen molar-refractivity contribution in [1.29, 1.82) is 0 Å². The molecule has 0 atom stereocenters. The first kappa shape index (κ1) is 24.1. The average Bonchev–Trinajstić information content (AvgIpc) is 3.24. The molecular formula is C25H23Cl2N5OS. The van der Waals surface area contributed by atoms with Crippen LogP contribution in [0.3, 0.4) is 0 Å². The van der Waals surface area contributed by atoms with E-state index in [9.17, 15) is 4.79 Å². The maximum absolute atomic E-state index is 12.6. The fourth-order valence-corrected chi connectivity index (χ4v) is 4.64. The lowest BCUT2D eigenvalue weighted by molar-refractivity contribution is -0.113. The molecule has 1 heterocycles. The van der Waals surface area contributed by atoms with E-state index < -0.39 is 0 Å². The molecule has 0 aliphatic heterocycles. The highest BCUT2D eigenvalue weighted by molar-refractivity contribution is 7.99. The van der Waals surface area contributed by atoms with Crippen molar-refractivity contribution in [3.8, 4) is 5.69 Å². The number of thioether (sulfide) groups is 1. The van der Waals surface area contributed by atoms with E-state index in [1.807, 2.05) is 41.0 Å². The van der Waals surface area contributed by atoms with Crippen LogP contribution in [0.5, 0.6) is 0 Å². The second kappa shape index (κ2) is 11.0. The molecule has 34 heavy (non-hydrogen) atoms. The molecule has 1 amide bonds. The molecule has 4 rings (SSSR count). The van der Waals surface area contributed by atoms with Crippen LogP contribution < -0.4 is 10.6 Å². The number of benzene rings is 3. The van der Waals surface area contributed by atoms with Gasteiger partial charge in [-0.05, 0) is 49.2 Å². The third kappa shape index (κ3) is 5.55. The van der Waals surface area contributed by atoms with Crippen LogP contribution in [-0.4, -0.2) is 26.4 Å². The van der Waals surface area contributed by atoms with Gasteiger partial charge in [0.25, 0.3) is 0 Å². The molecule has 6 nitrogen and oxygen atoms in total. The number of carbonyl (C=O) groups excluding carboxylic acids is 1. The number of hydrogen-bond donors (Lipinski definition) is 2. The number of aryl methyl sites for hydroxylation is 2. The monoisotopic (exact) mass is 511 g/mol. The molecule has 9 heteroatoms. The average molecular weight is 512 g/mol. The largest absolute Gasteiger partial charge is 0.377 e. The predicted octanol–water partition coefficient (Wildman–Crippen LogP) is 6.53. The Bertz CT molecular complexity index is 1290. The fraction of sp³-hybridized carbons (Fsp3) is 0.160. The number of anilines is 2. The quantitative estimate of drug-likeness (QED) is 0.263. The number of carbonyl (C=O) groups is 1. The highest BCUT2D eigenvalue weighted by Gasteiger charge is 2.17. The van der Waals surface area contributed by atoms with Gasteiger partial charge in [-0.2, -0.15) is 0 Å². The van der Waals surface area contributed by atoms with Crippen LogP contribution in [0.2, 0.25) is 10.0 Å². The Kier molecular flexibility index (Phi) is 7.77. The van der Waals surface area contributed by atoms with Gasteiger partial charge in [-0.15, -0.1) is 10.2 Å². The molecule has 174 valence electrons. The van der Waals surface area contributed by atoms with E-state index >= 15 is 0 Å². The molecule has 4 aromatic rings. The van der Waals surface area contributed by atoms with Crippen molar-refractivity contribution >= 4 is 52.2 Å². The molecule has 0 aliphatic rings. The van der Waals surface area contributed by atoms with E-state index in [1.54, 1.807) is 18.2 Å². The van der Waals surface area contributed by atoms with Gasteiger partial charge in [-0.25, -0.2) is 0 Å². The van der Waals surface area contributed by atoms with Crippen LogP contribution in [0.1, 0.15) is 17.0 Å². The summed E-state index contributed by atoms with van der Waals surface area (Å²) in [5.41, 5.74) is 4.81. The van der Waals surface area contributed by atoms with Gasteiger partial charge in [-0.1, -0.05) is 77.4 Å². The summed E-state index contributed by atoms with van der Waals surface area (Å²) in [5.74, 6) is 0.666. The van der Waals surface area contributed by atoms with Crippen molar-refractivity contribution in [2.75, 3.05) is 16.4 Å². The fourth-order valence-electron chi connectivity index (χ4n) is 3.52. The summed E-state index contributed by atoms with van der Waals surface area (Å²) in [4.78, 5) is 12.6. The normalized spacial score (nSPS) is 10.8. The van der Waals surface area contributed by atoms with E-state index in [2.05, 4.69) is 46.8 Å². The van der Waals surface area contributed by atoms with Crippen molar-refractivity contribution in [2.24, 2.45) is 0 Å². The predicted molar refractivity (Wildman–Crippen MR) is 140 cm³/mol. The number of nitrogens with zero attached hydrogens (tertiary/aromatic N) is 3. The summed E-state index contributed by atoms with van der Waals surface area (Å²) in [7, 11) is 0. The Morgan fingerprint density at radius 1 is 0.941 bits per heavy atom. The lowest BCUT2D eigenvalue weighted by atomic mass is 10.1. The molecule has 0 radical (unpaired) electrons. The summed E-state index contributed by atoms with van der Waals surface area (Å²) in [6, 6.07) is 21.1. The van der Waals surface area contributed by atoms with E-state index in [0.717, 1.165) is 28.3 Å². The maximum atomic E-state index is 12.6. The Labute approximate surface area is 212 Å². The van der Waals surface area contributed by atoms with Crippen LogP contribution >= 0.6 is 35.0 Å². The molecule has 0 saturated carbocycles. The van der Waals surface area contributed by atoms with Gasteiger partial charge in [0.1, 0.15) is 0 Å². The Hall–Kier alpha value is -3.00. The van der Waals surface area contributed by atoms with E-state index in [-0.39, 0.29) is 11.7 Å². The van der Waals surface area contributed by atoms with Crippen LogP contribution in [-0.2, 0) is 11.3 Å². The highest BCUT2D eigenvalue weighted by atomic mass is 35.5. The van der Waals surface area contributed by atoms with Crippen LogP contribution in [0.15, 0.2) is 71.9 Å². The molecule has 2 N–H and O–H groups in total. The molecular weight excluding hydrogens is 489 g/mol. The maximum Gasteiger partial charge on any atom is 0.234 e. The second-order valence-electron chi connectivity index (χ2n) is 7.63. The summed E-state index contributed by atoms with van der Waals surface area (Å²) in [5, 5.41) is 16.4. The molecule has 0 bridgehead atoms. The first-order valence-corrected chi connectivity index (χ1v) is 12.3. The molecule has 0 spiro atoms. The number of rotatable bonds is 8. The summed E-state index contributed by atoms with van der Waals surface area (Å²) in [6.45, 7) is 4.63. The molecule has 0 unspecified atom stereocenters. The van der Waals surface area contributed by atoms with Crippen LogP contribution in [0.4, 0.5) is 11.4 Å². The smallest absolute Gasteiger partial charge is 0.234 e. The first-order valence-electron chi connectivity index (χ1n) is 10.6. The van der Waals surface area contributed by atoms with Gasteiger partial charge in [0.05, 0.1) is 28.0 Å². The molecule has 1 aromatic heterocycles. The van der Waals surface area contributed by atoms with Gasteiger partial charge in [0.2, 0.25) is 5.91 Å². The summed E-state index contributed by atoms with van der Waals surface area (Å²) in [6.07, 6.45) is 0. The van der Waals surface area contributed by atoms with Crippen molar-refractivity contribution in [1.82, 2.24) is 14.8 Å². The third-order valence-corrected chi connectivity index (χ3v) is 6.93. The second-order valence-corrected chi connectivity index (χ2v) is 9.36. The SMILES string of the molecule is Cc1cccc(C)c1NCc1nnc(SCC(=O)Nc2cccc(Cl)c2Cl)n1-c1ccccc1. The van der Waals surface area contributed by atoms with Crippen molar-refractivity contribution < 1.29 is 4.79 Å². The summed E-state index contributed by atoms with van der Waals surface area (Å²) >= 11 is 13.5. The Morgan fingerprint density at radius 3 is 2.38 bits per heavy atom. The van der Waals surface area contributed by atoms with Gasteiger partial charge in [-0.3, -0.25) is 9.36 Å². The number of hydrogen-bond acceptors (Lipinski definition) is 5. The van der Waals surface area contributed by atoms with E-state index in [0.29, 0.717) is 27.4 Å². The van der Waals surface area contributed by atoms with Crippen molar-refractivity contribution in [2.45, 2.75) is 25.5 Å². The lowest BCUT2D eigenvalue weighted by Crippen LogP contribution is -2.15. The standard InChI is InChI=1S/C25H23Cl2N5OS/c1-16-8-6-9-17(2)24(16)28-14-21-30-31-25(32(21)18-10-4-3-5-11-18)34-15-22(33)29-20-13-7-12-19(26)23(20)27/h3-13,28H,14-15H2,1-2H3,(H,29,33). The zero-order valence-electron chi connectivity index (χ0n) is 18.7. The zero-order chi connectivity index (χ0) is 24.1. The number of aromatic nitrogens is 3. The van der Waals surface area contributed by atoms with Gasteiger partial charge in [0, 0.05) is 11.4 Å². The van der Waals surface area contributed by atoms with Crippen LogP contribution in [0.25, 0.3) is 5.69 Å². The van der Waals surface area contributed by atoms with Gasteiger partial charge >= 0.3 is 0 Å². The number of nitrogens with one attached hydrogen (secondary N) is 2. The molecule has 0 fully saturated rings. The van der Waals surface area contributed by atoms with Gasteiger partial charge in [0.15, 0.2) is 11.0 Å². The molecule has 3 aromatic carbocycles. The first-order chi connectivity index (χ1) is 16.4. The number of amides is 1. The topological polar surface area (TPSA) is 71.8 Å². The van der Waals surface area contributed by atoms with E-state index in [1.165, 1.54) is 11.8 Å². The molecule has 0 saturated heterocycles. The molecule has 0 aliphatic carbocycles. The van der Waals surface area contributed by atoms with Gasteiger partial charge < -0.3 is 10.6 Å². The van der Waals surface area contributed by atoms with E-state index in [4.69, 9.17) is 23.2 Å². The minimum Gasteiger partial charge on any atom is -0.377 e. The lowest BCUT2D eigenvalue weighted by Gasteiger charge is -2.14. The van der Waals surface area contributed by atoms with Crippen molar-refractivity contribution in [3.05, 3.63) is 93.7 Å². The highest BCUT2D eigenvalue weighted by Crippen LogP contribution is 2.30. The number of halogens is 2. The Balaban J connectivity index is 1.52. The third-order valence-electron chi connectivity index (χ3n) is 5.18. The minimum atomic E-state index is -0.216.